The fourth-order valence-electron chi connectivity index (χ4n) is 2.69. The molecule has 0 unspecified atom stereocenters. The predicted octanol–water partition coefficient (Wildman–Crippen LogP) is 5.22. The maximum Gasteiger partial charge on any atom is 0.244 e. The Balaban J connectivity index is 1.61. The summed E-state index contributed by atoms with van der Waals surface area (Å²) in [6.07, 6.45) is 1.77. The molecule has 0 atom stereocenters. The summed E-state index contributed by atoms with van der Waals surface area (Å²) in [4.78, 5) is 12.1. The third kappa shape index (κ3) is 4.86. The average Bonchev–Trinajstić information content (AvgIpc) is 3.09. The van der Waals surface area contributed by atoms with Crippen LogP contribution in [-0.2, 0) is 11.2 Å². The number of carbonyl (C=O) groups is 1. The molecule has 3 rings (SSSR count). The lowest BCUT2D eigenvalue weighted by Crippen LogP contribution is -2.20. The van der Waals surface area contributed by atoms with Crippen LogP contribution in [0, 0.1) is 20.8 Å². The van der Waals surface area contributed by atoms with Crippen molar-refractivity contribution in [3.05, 3.63) is 81.6 Å². The number of nitrogens with zero attached hydrogens (tertiary/aromatic N) is 1. The van der Waals surface area contributed by atoms with Gasteiger partial charge >= 0.3 is 0 Å². The van der Waals surface area contributed by atoms with Gasteiger partial charge in [-0.1, -0.05) is 47.5 Å². The molecule has 0 aliphatic rings. The lowest BCUT2D eigenvalue weighted by Gasteiger charge is -2.05. The summed E-state index contributed by atoms with van der Waals surface area (Å²) in [5.41, 5.74) is 7.67. The van der Waals surface area contributed by atoms with Gasteiger partial charge in [-0.3, -0.25) is 4.79 Å². The summed E-state index contributed by atoms with van der Waals surface area (Å²) in [6.45, 7) is 5.95. The monoisotopic (exact) mass is 380 g/mol. The van der Waals surface area contributed by atoms with Gasteiger partial charge in [-0.25, -0.2) is 5.43 Å². The van der Waals surface area contributed by atoms with E-state index in [1.165, 1.54) is 6.21 Å². The van der Waals surface area contributed by atoms with E-state index in [0.29, 0.717) is 16.5 Å². The number of hydrazone groups is 1. The lowest BCUT2D eigenvalue weighted by molar-refractivity contribution is -0.120. The molecule has 1 N–H and O–H groups in total. The number of nitrogens with one attached hydrogen (secondary N) is 1. The maximum absolute atomic E-state index is 12.1. The van der Waals surface area contributed by atoms with E-state index in [1.54, 1.807) is 6.07 Å². The van der Waals surface area contributed by atoms with Gasteiger partial charge in [-0.05, 0) is 55.7 Å². The molecular weight excluding hydrogens is 360 g/mol. The first kappa shape index (κ1) is 18.9. The normalized spacial score (nSPS) is 11.1. The molecule has 5 heteroatoms. The molecule has 1 aromatic heterocycles. The summed E-state index contributed by atoms with van der Waals surface area (Å²) >= 11 is 6.16. The number of aryl methyl sites for hydroxylation is 3. The highest BCUT2D eigenvalue weighted by Gasteiger charge is 2.07. The van der Waals surface area contributed by atoms with Crippen LogP contribution in [0.3, 0.4) is 0 Å². The number of benzene rings is 2. The minimum absolute atomic E-state index is 0.169. The molecule has 2 aromatic carbocycles. The highest BCUT2D eigenvalue weighted by molar-refractivity contribution is 6.31. The Hall–Kier alpha value is -2.85. The molecule has 0 radical (unpaired) electrons. The van der Waals surface area contributed by atoms with Gasteiger partial charge in [0.25, 0.3) is 0 Å². The molecule has 138 valence electrons. The smallest absolute Gasteiger partial charge is 0.244 e. The molecular formula is C22H21ClN2O2. The van der Waals surface area contributed by atoms with Crippen LogP contribution in [0.5, 0.6) is 0 Å². The Kier molecular flexibility index (Phi) is 5.77. The minimum Gasteiger partial charge on any atom is -0.455 e. The van der Waals surface area contributed by atoms with E-state index in [2.05, 4.69) is 10.5 Å². The molecule has 4 nitrogen and oxygen atoms in total. The van der Waals surface area contributed by atoms with Crippen molar-refractivity contribution in [2.45, 2.75) is 27.2 Å². The van der Waals surface area contributed by atoms with E-state index in [4.69, 9.17) is 16.0 Å². The topological polar surface area (TPSA) is 54.6 Å². The van der Waals surface area contributed by atoms with E-state index >= 15 is 0 Å². The Morgan fingerprint density at radius 1 is 1.07 bits per heavy atom. The number of amides is 1. The number of halogens is 1. The van der Waals surface area contributed by atoms with Crippen LogP contribution >= 0.6 is 11.6 Å². The number of furan rings is 1. The van der Waals surface area contributed by atoms with Crippen LogP contribution in [0.1, 0.15) is 28.0 Å². The zero-order valence-corrected chi connectivity index (χ0v) is 16.3. The second kappa shape index (κ2) is 8.23. The summed E-state index contributed by atoms with van der Waals surface area (Å²) in [5.74, 6) is 1.07. The summed E-state index contributed by atoms with van der Waals surface area (Å²) in [5, 5.41) is 4.68. The summed E-state index contributed by atoms with van der Waals surface area (Å²) < 4.78 is 5.74. The molecule has 3 aromatic rings. The molecule has 0 spiro atoms. The molecule has 1 heterocycles. The number of rotatable bonds is 5. The van der Waals surface area contributed by atoms with Gasteiger partial charge in [0.1, 0.15) is 11.5 Å². The van der Waals surface area contributed by atoms with Gasteiger partial charge < -0.3 is 4.42 Å². The first-order valence-electron chi connectivity index (χ1n) is 8.67. The average molecular weight is 381 g/mol. The first-order valence-corrected chi connectivity index (χ1v) is 9.04. The third-order valence-electron chi connectivity index (χ3n) is 4.32. The molecule has 0 bridgehead atoms. The van der Waals surface area contributed by atoms with Crippen LogP contribution in [-0.4, -0.2) is 12.1 Å². The zero-order chi connectivity index (χ0) is 19.4. The zero-order valence-electron chi connectivity index (χ0n) is 15.5. The van der Waals surface area contributed by atoms with Crippen molar-refractivity contribution in [3.63, 3.8) is 0 Å². The predicted molar refractivity (Wildman–Crippen MR) is 109 cm³/mol. The van der Waals surface area contributed by atoms with Gasteiger partial charge in [-0.15, -0.1) is 0 Å². The number of carbonyl (C=O) groups excluding carboxylic acids is 1. The Morgan fingerprint density at radius 3 is 2.63 bits per heavy atom. The fraction of sp³-hybridized carbons (Fsp3) is 0.182. The number of hydrogen-bond acceptors (Lipinski definition) is 3. The lowest BCUT2D eigenvalue weighted by atomic mass is 10.0. The first-order chi connectivity index (χ1) is 12.9. The maximum atomic E-state index is 12.1. The highest BCUT2D eigenvalue weighted by Crippen LogP contribution is 2.26. The van der Waals surface area contributed by atoms with E-state index in [0.717, 1.165) is 27.8 Å². The Bertz CT molecular complexity index is 1010. The largest absolute Gasteiger partial charge is 0.455 e. The van der Waals surface area contributed by atoms with Gasteiger partial charge in [0.05, 0.1) is 12.6 Å². The SMILES string of the molecule is Cc1ccc(C)c(CC(=O)N/N=C\c2ccc(-c3ccc(C)c(Cl)c3)o2)c1. The summed E-state index contributed by atoms with van der Waals surface area (Å²) in [6, 6.07) is 15.5. The molecule has 0 aliphatic heterocycles. The van der Waals surface area contributed by atoms with Crippen LogP contribution < -0.4 is 5.43 Å². The summed E-state index contributed by atoms with van der Waals surface area (Å²) in [7, 11) is 0. The Morgan fingerprint density at radius 2 is 1.85 bits per heavy atom. The minimum atomic E-state index is -0.169. The second-order valence-electron chi connectivity index (χ2n) is 6.57. The van der Waals surface area contributed by atoms with Crippen molar-refractivity contribution in [1.29, 1.82) is 0 Å². The van der Waals surface area contributed by atoms with E-state index in [1.807, 2.05) is 63.2 Å². The van der Waals surface area contributed by atoms with Crippen molar-refractivity contribution in [1.82, 2.24) is 5.43 Å². The molecule has 1 amide bonds. The van der Waals surface area contributed by atoms with Gasteiger partial charge in [0.2, 0.25) is 5.91 Å². The standard InChI is InChI=1S/C22H21ClN2O2/c1-14-4-5-15(2)18(10-14)12-22(26)25-24-13-19-8-9-21(27-19)17-7-6-16(3)20(23)11-17/h4-11,13H,12H2,1-3H3,(H,25,26)/b24-13-. The Labute approximate surface area is 163 Å². The van der Waals surface area contributed by atoms with Crippen LogP contribution in [0.15, 0.2) is 58.0 Å². The molecule has 0 saturated heterocycles. The van der Waals surface area contributed by atoms with Crippen molar-refractivity contribution in [2.24, 2.45) is 5.10 Å². The van der Waals surface area contributed by atoms with Gasteiger partial charge in [-0.2, -0.15) is 5.10 Å². The molecule has 0 aliphatic carbocycles. The van der Waals surface area contributed by atoms with Crippen LogP contribution in [0.25, 0.3) is 11.3 Å². The second-order valence-corrected chi connectivity index (χ2v) is 6.97. The fourth-order valence-corrected chi connectivity index (χ4v) is 2.88. The van der Waals surface area contributed by atoms with Crippen molar-refractivity contribution >= 4 is 23.7 Å². The molecule has 0 saturated carbocycles. The highest BCUT2D eigenvalue weighted by atomic mass is 35.5. The van der Waals surface area contributed by atoms with Crippen LogP contribution in [0.2, 0.25) is 5.02 Å². The van der Waals surface area contributed by atoms with Gasteiger partial charge in [0, 0.05) is 10.6 Å². The van der Waals surface area contributed by atoms with E-state index in [9.17, 15) is 4.79 Å². The molecule has 27 heavy (non-hydrogen) atoms. The quantitative estimate of drug-likeness (QED) is 0.487. The van der Waals surface area contributed by atoms with Crippen molar-refractivity contribution in [3.8, 4) is 11.3 Å². The van der Waals surface area contributed by atoms with E-state index in [-0.39, 0.29) is 12.3 Å². The third-order valence-corrected chi connectivity index (χ3v) is 4.73. The van der Waals surface area contributed by atoms with Crippen molar-refractivity contribution < 1.29 is 9.21 Å². The van der Waals surface area contributed by atoms with Crippen molar-refractivity contribution in [2.75, 3.05) is 0 Å². The van der Waals surface area contributed by atoms with Crippen LogP contribution in [0.4, 0.5) is 0 Å². The van der Waals surface area contributed by atoms with E-state index < -0.39 is 0 Å². The molecule has 0 fully saturated rings. The number of hydrogen-bond donors (Lipinski definition) is 1. The van der Waals surface area contributed by atoms with Gasteiger partial charge in [0.15, 0.2) is 0 Å².